The van der Waals surface area contributed by atoms with Crippen LogP contribution in [-0.4, -0.2) is 10.5 Å². The first kappa shape index (κ1) is 19.5. The van der Waals surface area contributed by atoms with E-state index in [0.29, 0.717) is 22.5 Å². The Morgan fingerprint density at radius 2 is 1.63 bits per heavy atom. The van der Waals surface area contributed by atoms with E-state index < -0.39 is 17.5 Å². The van der Waals surface area contributed by atoms with Crippen molar-refractivity contribution < 1.29 is 13.6 Å². The van der Waals surface area contributed by atoms with Gasteiger partial charge in [-0.05, 0) is 55.3 Å². The van der Waals surface area contributed by atoms with Gasteiger partial charge in [-0.1, -0.05) is 24.3 Å². The molecule has 0 unspecified atom stereocenters. The van der Waals surface area contributed by atoms with E-state index in [4.69, 9.17) is 0 Å². The zero-order valence-electron chi connectivity index (χ0n) is 16.4. The van der Waals surface area contributed by atoms with Crippen molar-refractivity contribution in [3.63, 3.8) is 0 Å². The third-order valence-electron chi connectivity index (χ3n) is 5.12. The fourth-order valence-electron chi connectivity index (χ4n) is 3.32. The predicted molar refractivity (Wildman–Crippen MR) is 113 cm³/mol. The molecular weight excluding hydrogens is 386 g/mol. The topological polar surface area (TPSA) is 51.1 Å². The summed E-state index contributed by atoms with van der Waals surface area (Å²) in [6.45, 7) is 3.91. The van der Waals surface area contributed by atoms with Gasteiger partial charge < -0.3 is 5.32 Å². The lowest BCUT2D eigenvalue weighted by atomic mass is 10.1. The standard InChI is InChI=1S/C24H18F2N2O2/c1-14-7-9-17(11-15(14)2)28-13-20(18-5-3-4-6-19(18)24(28)30)23(29)27-22-10-8-16(25)12-21(22)26/h3-13H,1-2H3,(H,27,29). The molecule has 1 N–H and O–H groups in total. The van der Waals surface area contributed by atoms with Crippen LogP contribution in [0.3, 0.4) is 0 Å². The average Bonchev–Trinajstić information content (AvgIpc) is 2.72. The highest BCUT2D eigenvalue weighted by atomic mass is 19.1. The summed E-state index contributed by atoms with van der Waals surface area (Å²) in [4.78, 5) is 26.1. The molecule has 0 atom stereocenters. The molecule has 6 heteroatoms. The number of rotatable bonds is 3. The number of hydrogen-bond acceptors (Lipinski definition) is 2. The molecule has 4 aromatic rings. The van der Waals surface area contributed by atoms with Crippen molar-refractivity contribution in [2.24, 2.45) is 0 Å². The van der Waals surface area contributed by atoms with E-state index in [1.54, 1.807) is 30.3 Å². The third kappa shape index (κ3) is 3.48. The second kappa shape index (κ2) is 7.55. The molecule has 0 saturated carbocycles. The van der Waals surface area contributed by atoms with Crippen molar-refractivity contribution >= 4 is 22.4 Å². The number of aryl methyl sites for hydroxylation is 2. The summed E-state index contributed by atoms with van der Waals surface area (Å²) < 4.78 is 28.6. The Morgan fingerprint density at radius 1 is 0.900 bits per heavy atom. The van der Waals surface area contributed by atoms with Gasteiger partial charge in [-0.25, -0.2) is 8.78 Å². The minimum Gasteiger partial charge on any atom is -0.319 e. The molecule has 0 aliphatic rings. The number of carbonyl (C=O) groups is 1. The second-order valence-corrected chi connectivity index (χ2v) is 7.11. The zero-order valence-corrected chi connectivity index (χ0v) is 16.4. The van der Waals surface area contributed by atoms with Gasteiger partial charge in [-0.3, -0.25) is 14.2 Å². The molecule has 4 rings (SSSR count). The molecule has 1 heterocycles. The number of pyridine rings is 1. The van der Waals surface area contributed by atoms with E-state index in [-0.39, 0.29) is 16.8 Å². The molecule has 3 aromatic carbocycles. The first-order valence-corrected chi connectivity index (χ1v) is 9.33. The van der Waals surface area contributed by atoms with Crippen LogP contribution in [0.25, 0.3) is 16.5 Å². The summed E-state index contributed by atoms with van der Waals surface area (Å²) in [5, 5.41) is 3.28. The van der Waals surface area contributed by atoms with E-state index in [0.717, 1.165) is 23.3 Å². The molecule has 0 bridgehead atoms. The maximum Gasteiger partial charge on any atom is 0.262 e. The van der Waals surface area contributed by atoms with E-state index in [1.807, 2.05) is 26.0 Å². The Kier molecular flexibility index (Phi) is 4.91. The Morgan fingerprint density at radius 3 is 2.33 bits per heavy atom. The quantitative estimate of drug-likeness (QED) is 0.514. The Labute approximate surface area is 171 Å². The molecule has 1 amide bonds. The van der Waals surface area contributed by atoms with Gasteiger partial charge in [0.25, 0.3) is 11.5 Å². The molecule has 4 nitrogen and oxygen atoms in total. The van der Waals surface area contributed by atoms with Crippen molar-refractivity contribution in [1.29, 1.82) is 0 Å². The van der Waals surface area contributed by atoms with Crippen LogP contribution in [0.4, 0.5) is 14.5 Å². The summed E-state index contributed by atoms with van der Waals surface area (Å²) in [5.74, 6) is -2.22. The lowest BCUT2D eigenvalue weighted by molar-refractivity contribution is 0.102. The maximum atomic E-state index is 14.0. The van der Waals surface area contributed by atoms with E-state index in [2.05, 4.69) is 5.32 Å². The van der Waals surface area contributed by atoms with Gasteiger partial charge in [-0.15, -0.1) is 0 Å². The van der Waals surface area contributed by atoms with Crippen LogP contribution in [0.1, 0.15) is 21.5 Å². The summed E-state index contributed by atoms with van der Waals surface area (Å²) >= 11 is 0. The van der Waals surface area contributed by atoms with Crippen LogP contribution >= 0.6 is 0 Å². The predicted octanol–water partition coefficient (Wildman–Crippen LogP) is 5.14. The minimum absolute atomic E-state index is 0.144. The average molecular weight is 404 g/mol. The summed E-state index contributed by atoms with van der Waals surface area (Å²) in [7, 11) is 0. The van der Waals surface area contributed by atoms with Crippen LogP contribution in [0.15, 0.2) is 71.7 Å². The Hall–Kier alpha value is -3.80. The molecule has 0 spiro atoms. The van der Waals surface area contributed by atoms with Gasteiger partial charge >= 0.3 is 0 Å². The molecule has 30 heavy (non-hydrogen) atoms. The SMILES string of the molecule is Cc1ccc(-n2cc(C(=O)Nc3ccc(F)cc3F)c3ccccc3c2=O)cc1C. The first-order valence-electron chi connectivity index (χ1n) is 9.33. The van der Waals surface area contributed by atoms with Gasteiger partial charge in [0.15, 0.2) is 0 Å². The Balaban J connectivity index is 1.88. The van der Waals surface area contributed by atoms with E-state index in [9.17, 15) is 18.4 Å². The molecular formula is C24H18F2N2O2. The van der Waals surface area contributed by atoms with Gasteiger partial charge in [0.1, 0.15) is 11.6 Å². The largest absolute Gasteiger partial charge is 0.319 e. The highest BCUT2D eigenvalue weighted by Crippen LogP contribution is 2.22. The number of hydrogen-bond donors (Lipinski definition) is 1. The number of carbonyl (C=O) groups excluding carboxylic acids is 1. The number of anilines is 1. The number of amides is 1. The van der Waals surface area contributed by atoms with Crippen molar-refractivity contribution in [3.05, 3.63) is 106 Å². The van der Waals surface area contributed by atoms with Crippen LogP contribution in [-0.2, 0) is 0 Å². The van der Waals surface area contributed by atoms with Gasteiger partial charge in [0, 0.05) is 28.7 Å². The lowest BCUT2D eigenvalue weighted by Crippen LogP contribution is -2.23. The van der Waals surface area contributed by atoms with Crippen molar-refractivity contribution in [2.75, 3.05) is 5.32 Å². The first-order chi connectivity index (χ1) is 14.3. The van der Waals surface area contributed by atoms with Crippen LogP contribution in [0.5, 0.6) is 0 Å². The summed E-state index contributed by atoms with van der Waals surface area (Å²) in [6.07, 6.45) is 1.45. The fraction of sp³-hybridized carbons (Fsp3) is 0.0833. The van der Waals surface area contributed by atoms with E-state index in [1.165, 1.54) is 10.8 Å². The number of fused-ring (bicyclic) bond motifs is 1. The van der Waals surface area contributed by atoms with Crippen LogP contribution in [0, 0.1) is 25.5 Å². The van der Waals surface area contributed by atoms with Crippen molar-refractivity contribution in [1.82, 2.24) is 4.57 Å². The highest BCUT2D eigenvalue weighted by Gasteiger charge is 2.17. The zero-order chi connectivity index (χ0) is 21.4. The number of nitrogens with one attached hydrogen (secondary N) is 1. The number of halogens is 2. The number of nitrogens with zero attached hydrogens (tertiary/aromatic N) is 1. The monoisotopic (exact) mass is 404 g/mol. The molecule has 150 valence electrons. The van der Waals surface area contributed by atoms with Crippen molar-refractivity contribution in [2.45, 2.75) is 13.8 Å². The van der Waals surface area contributed by atoms with Crippen LogP contribution in [0.2, 0.25) is 0 Å². The number of benzene rings is 3. The van der Waals surface area contributed by atoms with Crippen molar-refractivity contribution in [3.8, 4) is 5.69 Å². The molecule has 1 aromatic heterocycles. The van der Waals surface area contributed by atoms with Gasteiger partial charge in [0.05, 0.1) is 11.3 Å². The maximum absolute atomic E-state index is 14.0. The number of aromatic nitrogens is 1. The smallest absolute Gasteiger partial charge is 0.262 e. The summed E-state index contributed by atoms with van der Waals surface area (Å²) in [6, 6.07) is 15.2. The normalized spacial score (nSPS) is 10.9. The van der Waals surface area contributed by atoms with E-state index >= 15 is 0 Å². The van der Waals surface area contributed by atoms with Gasteiger partial charge in [-0.2, -0.15) is 0 Å². The Bertz CT molecular complexity index is 1360. The molecule has 0 fully saturated rings. The van der Waals surface area contributed by atoms with Crippen LogP contribution < -0.4 is 10.9 Å². The third-order valence-corrected chi connectivity index (χ3v) is 5.12. The van der Waals surface area contributed by atoms with Gasteiger partial charge in [0.2, 0.25) is 0 Å². The lowest BCUT2D eigenvalue weighted by Gasteiger charge is -2.14. The molecule has 0 saturated heterocycles. The molecule has 0 radical (unpaired) electrons. The second-order valence-electron chi connectivity index (χ2n) is 7.11. The highest BCUT2D eigenvalue weighted by molar-refractivity contribution is 6.12. The summed E-state index contributed by atoms with van der Waals surface area (Å²) in [5.41, 5.74) is 2.50. The minimum atomic E-state index is -0.880. The molecule has 0 aliphatic carbocycles. The fourth-order valence-corrected chi connectivity index (χ4v) is 3.32. The molecule has 0 aliphatic heterocycles.